The van der Waals surface area contributed by atoms with Gasteiger partial charge in [-0.15, -0.1) is 6.58 Å². The highest BCUT2D eigenvalue weighted by Gasteiger charge is 2.43. The normalized spacial score (nSPS) is 21.0. The Morgan fingerprint density at radius 3 is 1.93 bits per heavy atom. The second-order valence-corrected chi connectivity index (χ2v) is 24.8. The highest BCUT2D eigenvalue weighted by Crippen LogP contribution is 2.29. The number of methoxy groups -OCH3 is 2. The molecule has 484 valence electrons. The lowest BCUT2D eigenvalue weighted by Crippen LogP contribution is -2.54. The van der Waals surface area contributed by atoms with Crippen LogP contribution < -0.4 is 10.6 Å². The molecule has 2 bridgehead atoms. The maximum atomic E-state index is 14.2. The number of carbonyl (C=O) groups excluding carboxylic acids is 6. The van der Waals surface area contributed by atoms with Gasteiger partial charge in [-0.1, -0.05) is 110 Å². The summed E-state index contributed by atoms with van der Waals surface area (Å²) >= 11 is 2.21. The van der Waals surface area contributed by atoms with Crippen LogP contribution >= 0.6 is 22.6 Å². The quantitative estimate of drug-likeness (QED) is 0.0169. The van der Waals surface area contributed by atoms with E-state index < -0.39 is 60.4 Å². The molecule has 10 atom stereocenters. The Kier molecular flexibility index (Phi) is 31.3. The van der Waals surface area contributed by atoms with Crippen molar-refractivity contribution in [3.05, 3.63) is 160 Å². The molecular formula is C70H93IN4O14. The predicted molar refractivity (Wildman–Crippen MR) is 349 cm³/mol. The smallest absolute Gasteiger partial charge is 0.245 e. The lowest BCUT2D eigenvalue weighted by atomic mass is 9.91. The second kappa shape index (κ2) is 38.6. The third-order valence-electron chi connectivity index (χ3n) is 16.5. The van der Waals surface area contributed by atoms with Crippen LogP contribution in [0.1, 0.15) is 105 Å². The number of hydrogen-bond donors (Lipinski definition) is 6. The van der Waals surface area contributed by atoms with Gasteiger partial charge in [0.1, 0.15) is 23.7 Å². The van der Waals surface area contributed by atoms with E-state index in [1.54, 1.807) is 20.3 Å². The molecule has 2 fully saturated rings. The fourth-order valence-corrected chi connectivity index (χ4v) is 12.4. The van der Waals surface area contributed by atoms with Crippen molar-refractivity contribution in [1.82, 2.24) is 20.4 Å². The molecule has 7 rings (SSSR count). The summed E-state index contributed by atoms with van der Waals surface area (Å²) < 4.78 is 22.0. The Hall–Kier alpha value is -6.01. The SMILES string of the molecule is C=C1CCC(=O)C[C@@H](Cc2ccccc2)C(=O)N[C@H](C(=O)N2C[C@H](O)C[C@H]2C(O)CCCOCCOC)Cc2cccc1c2.C=CCCC(=O)C[C@@H](Cc1ccccc1)C(=O)N[C@@H](Cc1cccc(I)c1)C(=O)N1C[C@H](O)C[C@H]1C(O)CCCOCCOC. The van der Waals surface area contributed by atoms with Gasteiger partial charge in [0.05, 0.1) is 62.9 Å². The van der Waals surface area contributed by atoms with Gasteiger partial charge in [-0.05, 0) is 132 Å². The summed E-state index contributed by atoms with van der Waals surface area (Å²) in [6.45, 7) is 10.8. The van der Waals surface area contributed by atoms with Gasteiger partial charge < -0.3 is 59.8 Å². The summed E-state index contributed by atoms with van der Waals surface area (Å²) in [4.78, 5) is 85.0. The average Bonchev–Trinajstić information content (AvgIpc) is 4.30. The molecule has 0 aromatic heterocycles. The number of allylic oxidation sites excluding steroid dienone is 2. The Morgan fingerprint density at radius 2 is 1.31 bits per heavy atom. The van der Waals surface area contributed by atoms with Crippen LogP contribution in [0.2, 0.25) is 0 Å². The van der Waals surface area contributed by atoms with Crippen LogP contribution in [0, 0.1) is 15.4 Å². The van der Waals surface area contributed by atoms with Crippen molar-refractivity contribution >= 4 is 63.4 Å². The van der Waals surface area contributed by atoms with Crippen LogP contribution in [0.5, 0.6) is 0 Å². The van der Waals surface area contributed by atoms with Crippen LogP contribution in [0.15, 0.2) is 128 Å². The van der Waals surface area contributed by atoms with Crippen LogP contribution in [0.4, 0.5) is 0 Å². The highest BCUT2D eigenvalue weighted by molar-refractivity contribution is 14.1. The van der Waals surface area contributed by atoms with Crippen molar-refractivity contribution in [2.24, 2.45) is 11.8 Å². The first-order valence-electron chi connectivity index (χ1n) is 31.3. The number of aliphatic hydroxyl groups excluding tert-OH is 4. The molecule has 3 heterocycles. The van der Waals surface area contributed by atoms with E-state index >= 15 is 0 Å². The van der Waals surface area contributed by atoms with Crippen LogP contribution in [-0.4, -0.2) is 181 Å². The summed E-state index contributed by atoms with van der Waals surface area (Å²) in [6, 6.07) is 31.4. The molecule has 4 amide bonds. The molecule has 0 saturated carbocycles. The molecule has 0 spiro atoms. The Labute approximate surface area is 538 Å². The van der Waals surface area contributed by atoms with Crippen molar-refractivity contribution in [3.8, 4) is 0 Å². The van der Waals surface area contributed by atoms with Crippen molar-refractivity contribution in [1.29, 1.82) is 0 Å². The number of ketones is 2. The second-order valence-electron chi connectivity index (χ2n) is 23.6. The number of carbonyl (C=O) groups is 6. The molecular weight excluding hydrogens is 1250 g/mol. The predicted octanol–water partition coefficient (Wildman–Crippen LogP) is 6.97. The summed E-state index contributed by atoms with van der Waals surface area (Å²) in [7, 11) is 3.21. The first-order valence-corrected chi connectivity index (χ1v) is 32.4. The zero-order chi connectivity index (χ0) is 64.1. The number of aliphatic hydroxyl groups is 4. The standard InChI is InChI=1S/C35H47IN2O7.C35H46N2O7/c1-3-4-14-29(39)22-27(19-25-10-6-5-7-11-25)34(42)37-31(21-26-12-8-13-28(36)20-26)35(43)38-24-30(40)23-32(38)33(41)15-9-16-45-18-17-44-2;1-24-13-14-29(38)21-28(18-25-8-4-3-5-9-25)34(41)36-31(20-26-10-6-11-27(24)19-26)35(42)37-23-30(39)22-32(37)33(40)12-7-15-44-17-16-43-2/h3,5-8,10-13,20,27,30-33,40-41H,1,4,9,14-19,21-24H2,2H3,(H,37,42);3-6,8-11,19,28,30-33,39-40H,1,7,12-18,20-23H2,2H3,(H,36,41)/t27-,30-,31+,32+,33?;28-,30-,31+,32+,33?/m11/s1. The van der Waals surface area contributed by atoms with E-state index in [-0.39, 0.29) is 93.2 Å². The molecule has 4 aromatic carbocycles. The number of fused-ring (bicyclic) bond motifs is 2. The maximum absolute atomic E-state index is 14.2. The summed E-state index contributed by atoms with van der Waals surface area (Å²) in [5.74, 6) is -2.85. The molecule has 2 unspecified atom stereocenters. The number of amides is 4. The number of rotatable bonds is 31. The van der Waals surface area contributed by atoms with Gasteiger partial charge in [0.15, 0.2) is 0 Å². The number of ether oxygens (including phenoxy) is 4. The molecule has 6 N–H and O–H groups in total. The Balaban J connectivity index is 0.000000284. The number of halogens is 1. The molecule has 3 aliphatic rings. The van der Waals surface area contributed by atoms with Gasteiger partial charge in [-0.2, -0.15) is 0 Å². The lowest BCUT2D eigenvalue weighted by molar-refractivity contribution is -0.140. The number of Topliss-reactive ketones (excluding diaryl/α,β-unsaturated/α-hetero) is 2. The van der Waals surface area contributed by atoms with Gasteiger partial charge in [-0.25, -0.2) is 0 Å². The number of β-amino-alcohol motifs (C(OH)–C–C–N with tert-alkyl or cyclic N) is 2. The van der Waals surface area contributed by atoms with Crippen LogP contribution in [0.25, 0.3) is 5.57 Å². The fourth-order valence-electron chi connectivity index (χ4n) is 11.8. The average molecular weight is 1340 g/mol. The van der Waals surface area contributed by atoms with Gasteiger partial charge in [0.25, 0.3) is 0 Å². The monoisotopic (exact) mass is 1340 g/mol. The molecule has 19 heteroatoms. The minimum absolute atomic E-state index is 0.0300. The van der Waals surface area contributed by atoms with E-state index in [4.69, 9.17) is 18.9 Å². The molecule has 4 aromatic rings. The van der Waals surface area contributed by atoms with Crippen molar-refractivity contribution in [2.75, 3.05) is 67.0 Å². The third-order valence-corrected chi connectivity index (χ3v) is 17.2. The van der Waals surface area contributed by atoms with E-state index in [2.05, 4.69) is 46.4 Å². The number of nitrogens with one attached hydrogen (secondary N) is 2. The molecule has 0 radical (unpaired) electrons. The molecule has 0 aliphatic carbocycles. The number of nitrogens with zero attached hydrogens (tertiary/aromatic N) is 2. The first-order chi connectivity index (χ1) is 43.0. The van der Waals surface area contributed by atoms with Gasteiger partial charge in [0.2, 0.25) is 23.6 Å². The zero-order valence-electron chi connectivity index (χ0n) is 51.8. The lowest BCUT2D eigenvalue weighted by Gasteiger charge is -2.32. The summed E-state index contributed by atoms with van der Waals surface area (Å²) in [5, 5.41) is 49.3. The number of benzene rings is 4. The van der Waals surface area contributed by atoms with Crippen molar-refractivity contribution < 1.29 is 68.1 Å². The zero-order valence-corrected chi connectivity index (χ0v) is 53.9. The maximum Gasteiger partial charge on any atom is 0.245 e. The minimum atomic E-state index is -0.949. The molecule has 18 nitrogen and oxygen atoms in total. The molecule has 2 saturated heterocycles. The number of likely N-dealkylation sites (tertiary alicyclic amines) is 2. The van der Waals surface area contributed by atoms with Gasteiger partial charge >= 0.3 is 0 Å². The minimum Gasteiger partial charge on any atom is -0.391 e. The van der Waals surface area contributed by atoms with E-state index in [1.165, 1.54) is 9.80 Å². The third kappa shape index (κ3) is 24.3. The Morgan fingerprint density at radius 1 is 0.719 bits per heavy atom. The van der Waals surface area contributed by atoms with Gasteiger partial charge in [0, 0.05) is 94.5 Å². The van der Waals surface area contributed by atoms with E-state index in [0.29, 0.717) is 97.4 Å². The van der Waals surface area contributed by atoms with Crippen molar-refractivity contribution in [2.45, 2.75) is 151 Å². The van der Waals surface area contributed by atoms with Crippen LogP contribution in [0.3, 0.4) is 0 Å². The Bertz CT molecular complexity index is 2880. The molecule has 3 aliphatic heterocycles. The largest absolute Gasteiger partial charge is 0.391 e. The highest BCUT2D eigenvalue weighted by atomic mass is 127. The first kappa shape index (κ1) is 72.1. The molecule has 89 heavy (non-hydrogen) atoms. The van der Waals surface area contributed by atoms with Crippen LogP contribution in [-0.2, 0) is 73.4 Å². The van der Waals surface area contributed by atoms with Crippen molar-refractivity contribution in [3.63, 3.8) is 0 Å². The van der Waals surface area contributed by atoms with E-state index in [1.807, 2.05) is 109 Å². The van der Waals surface area contributed by atoms with E-state index in [0.717, 1.165) is 37.0 Å². The van der Waals surface area contributed by atoms with Gasteiger partial charge in [-0.3, -0.25) is 28.8 Å². The van der Waals surface area contributed by atoms with E-state index in [9.17, 15) is 49.2 Å². The topological polar surface area (TPSA) is 251 Å². The summed E-state index contributed by atoms with van der Waals surface area (Å²) in [6.07, 6.45) is 3.76. The number of hydrogen-bond acceptors (Lipinski definition) is 14. The fraction of sp³-hybridized carbons (Fsp3) is 0.514. The summed E-state index contributed by atoms with van der Waals surface area (Å²) in [5.41, 5.74) is 5.29.